The first-order valence-electron chi connectivity index (χ1n) is 5.04. The molecule has 1 aromatic rings. The highest BCUT2D eigenvalue weighted by molar-refractivity contribution is 5.87. The number of alkyl halides is 2. The van der Waals surface area contributed by atoms with Gasteiger partial charge in [0.15, 0.2) is 6.61 Å². The summed E-state index contributed by atoms with van der Waals surface area (Å²) in [5.74, 6) is -4.39. The molecule has 5 nitrogen and oxygen atoms in total. The van der Waals surface area contributed by atoms with Crippen LogP contribution in [0.1, 0.15) is 22.0 Å². The Labute approximate surface area is 113 Å². The second-order valence-electron chi connectivity index (χ2n) is 3.84. The quantitative estimate of drug-likeness (QED) is 0.876. The van der Waals surface area contributed by atoms with E-state index in [2.05, 4.69) is 4.74 Å². The molecule has 0 spiro atoms. The van der Waals surface area contributed by atoms with Gasteiger partial charge in [0.2, 0.25) is 0 Å². The molecule has 0 bridgehead atoms. The van der Waals surface area contributed by atoms with Gasteiger partial charge in [-0.2, -0.15) is 0 Å². The molecule has 104 valence electrons. The van der Waals surface area contributed by atoms with Crippen LogP contribution in [0.25, 0.3) is 0 Å². The van der Waals surface area contributed by atoms with Crippen molar-refractivity contribution in [1.82, 2.24) is 5.32 Å². The second-order valence-corrected chi connectivity index (χ2v) is 3.84. The van der Waals surface area contributed by atoms with Gasteiger partial charge in [-0.25, -0.2) is 18.4 Å². The minimum Gasteiger partial charge on any atom is -0.478 e. The van der Waals surface area contributed by atoms with Crippen LogP contribution in [0, 0.1) is 0 Å². The molecule has 0 aromatic heterocycles. The molecule has 1 aliphatic heterocycles. The average Bonchev–Trinajstić information content (AvgIpc) is 2.32. The third-order valence-corrected chi connectivity index (χ3v) is 2.57. The van der Waals surface area contributed by atoms with Crippen LogP contribution in [0.15, 0.2) is 24.3 Å². The molecule has 1 aliphatic rings. The zero-order chi connectivity index (χ0) is 13.3. The molecule has 1 aromatic carbocycles. The number of carbonyl (C=O) groups is 2. The maximum Gasteiger partial charge on any atom is 0.408 e. The highest BCUT2D eigenvalue weighted by Gasteiger charge is 2.46. The van der Waals surface area contributed by atoms with Crippen LogP contribution in [-0.4, -0.2) is 29.7 Å². The number of benzene rings is 1. The highest BCUT2D eigenvalue weighted by atomic mass is 35.5. The molecular weight excluding hydrogens is 284 g/mol. The Balaban J connectivity index is 0.00000180. The SMILES string of the molecule is Cl.O=C1N[C@@H](c2ccc(C(=O)O)cc2)C(F)(F)CO1. The summed E-state index contributed by atoms with van der Waals surface area (Å²) < 4.78 is 31.3. The summed E-state index contributed by atoms with van der Waals surface area (Å²) in [6, 6.07) is 3.38. The Kier molecular flexibility index (Phi) is 4.31. The number of cyclic esters (lactones) is 1. The van der Waals surface area contributed by atoms with E-state index in [1.54, 1.807) is 0 Å². The van der Waals surface area contributed by atoms with Gasteiger partial charge in [-0.3, -0.25) is 0 Å². The largest absolute Gasteiger partial charge is 0.478 e. The van der Waals surface area contributed by atoms with Crippen LogP contribution < -0.4 is 5.32 Å². The fraction of sp³-hybridized carbons (Fsp3) is 0.273. The molecule has 1 heterocycles. The Morgan fingerprint density at radius 1 is 1.37 bits per heavy atom. The summed E-state index contributed by atoms with van der Waals surface area (Å²) in [4.78, 5) is 21.6. The minimum absolute atomic E-state index is 0. The molecule has 2 N–H and O–H groups in total. The Bertz CT molecular complexity index is 492. The molecule has 1 fully saturated rings. The molecule has 2 rings (SSSR count). The van der Waals surface area contributed by atoms with Crippen molar-refractivity contribution in [2.45, 2.75) is 12.0 Å². The molecule has 1 amide bonds. The molecule has 0 aliphatic carbocycles. The Morgan fingerprint density at radius 2 is 1.95 bits per heavy atom. The van der Waals surface area contributed by atoms with Gasteiger partial charge in [0.1, 0.15) is 6.04 Å². The third kappa shape index (κ3) is 3.11. The monoisotopic (exact) mass is 293 g/mol. The van der Waals surface area contributed by atoms with Crippen molar-refractivity contribution in [1.29, 1.82) is 0 Å². The lowest BCUT2D eigenvalue weighted by molar-refractivity contribution is -0.104. The normalized spacial score (nSPS) is 20.7. The van der Waals surface area contributed by atoms with Gasteiger partial charge < -0.3 is 15.2 Å². The smallest absolute Gasteiger partial charge is 0.408 e. The summed E-state index contributed by atoms with van der Waals surface area (Å²) in [5.41, 5.74) is 0.113. The standard InChI is InChI=1S/C11H9F2NO4.ClH/c12-11(13)5-18-10(17)14-8(11)6-1-3-7(4-2-6)9(15)16;/h1-4,8H,5H2,(H,14,17)(H,15,16);1H/t8-;/m0./s1. The Morgan fingerprint density at radius 3 is 2.47 bits per heavy atom. The van der Waals surface area contributed by atoms with Gasteiger partial charge in [-0.1, -0.05) is 12.1 Å². The van der Waals surface area contributed by atoms with Gasteiger partial charge in [-0.15, -0.1) is 12.4 Å². The zero-order valence-electron chi connectivity index (χ0n) is 9.43. The number of halogens is 3. The highest BCUT2D eigenvalue weighted by Crippen LogP contribution is 2.34. The van der Waals surface area contributed by atoms with E-state index in [0.717, 1.165) is 0 Å². The number of ether oxygens (including phenoxy) is 1. The summed E-state index contributed by atoms with van der Waals surface area (Å²) in [6.07, 6.45) is -0.923. The van der Waals surface area contributed by atoms with Crippen LogP contribution >= 0.6 is 12.4 Å². The van der Waals surface area contributed by atoms with E-state index in [1.807, 2.05) is 5.32 Å². The van der Waals surface area contributed by atoms with Crippen molar-refractivity contribution in [3.63, 3.8) is 0 Å². The lowest BCUT2D eigenvalue weighted by Gasteiger charge is -2.31. The molecule has 0 unspecified atom stereocenters. The van der Waals surface area contributed by atoms with E-state index in [4.69, 9.17) is 5.11 Å². The lowest BCUT2D eigenvalue weighted by atomic mass is 9.99. The number of aromatic carboxylic acids is 1. The second kappa shape index (κ2) is 5.40. The van der Waals surface area contributed by atoms with Gasteiger partial charge >= 0.3 is 18.0 Å². The van der Waals surface area contributed by atoms with Crippen LogP contribution in [-0.2, 0) is 4.74 Å². The fourth-order valence-electron chi connectivity index (χ4n) is 1.66. The summed E-state index contributed by atoms with van der Waals surface area (Å²) in [6.45, 7) is -0.996. The number of alkyl carbamates (subject to hydrolysis) is 1. The van der Waals surface area contributed by atoms with Crippen LogP contribution in [0.4, 0.5) is 13.6 Å². The molecule has 1 saturated heterocycles. The maximum atomic E-state index is 13.5. The van der Waals surface area contributed by atoms with E-state index in [1.165, 1.54) is 24.3 Å². The van der Waals surface area contributed by atoms with Crippen LogP contribution in [0.3, 0.4) is 0 Å². The molecule has 0 radical (unpaired) electrons. The summed E-state index contributed by atoms with van der Waals surface area (Å²) in [7, 11) is 0. The van der Waals surface area contributed by atoms with Crippen LogP contribution in [0.5, 0.6) is 0 Å². The minimum atomic E-state index is -3.24. The predicted octanol–water partition coefficient (Wildman–Crippen LogP) is 2.22. The average molecular weight is 294 g/mol. The van der Waals surface area contributed by atoms with Crippen molar-refractivity contribution >= 4 is 24.5 Å². The number of carboxylic acids is 1. The molecule has 1 atom stereocenters. The number of rotatable bonds is 2. The molecule has 0 saturated carbocycles. The third-order valence-electron chi connectivity index (χ3n) is 2.57. The van der Waals surface area contributed by atoms with E-state index in [-0.39, 0.29) is 23.5 Å². The van der Waals surface area contributed by atoms with Crippen molar-refractivity contribution in [3.8, 4) is 0 Å². The molecule has 19 heavy (non-hydrogen) atoms. The van der Waals surface area contributed by atoms with E-state index in [9.17, 15) is 18.4 Å². The maximum absolute atomic E-state index is 13.5. The lowest BCUT2D eigenvalue weighted by Crippen LogP contribution is -2.49. The van der Waals surface area contributed by atoms with Crippen LogP contribution in [0.2, 0.25) is 0 Å². The van der Waals surface area contributed by atoms with Crippen molar-refractivity contribution in [3.05, 3.63) is 35.4 Å². The first-order valence-corrected chi connectivity index (χ1v) is 5.04. The number of carbonyl (C=O) groups excluding carboxylic acids is 1. The van der Waals surface area contributed by atoms with Gasteiger partial charge in [-0.05, 0) is 17.7 Å². The van der Waals surface area contributed by atoms with Crippen molar-refractivity contribution in [2.24, 2.45) is 0 Å². The van der Waals surface area contributed by atoms with Gasteiger partial charge in [0.05, 0.1) is 5.56 Å². The van der Waals surface area contributed by atoms with Crippen molar-refractivity contribution < 1.29 is 28.2 Å². The number of hydrogen-bond donors (Lipinski definition) is 2. The first-order chi connectivity index (χ1) is 8.40. The number of carboxylic acid groups (broad SMARTS) is 1. The van der Waals surface area contributed by atoms with Crippen molar-refractivity contribution in [2.75, 3.05) is 6.61 Å². The number of hydrogen-bond acceptors (Lipinski definition) is 3. The fourth-order valence-corrected chi connectivity index (χ4v) is 1.66. The predicted molar refractivity (Wildman–Crippen MR) is 62.8 cm³/mol. The van der Waals surface area contributed by atoms with E-state index in [0.29, 0.717) is 0 Å². The molecular formula is C11H10ClF2NO4. The summed E-state index contributed by atoms with van der Waals surface area (Å²) in [5, 5.41) is 10.7. The van der Waals surface area contributed by atoms with Gasteiger partial charge in [0, 0.05) is 0 Å². The van der Waals surface area contributed by atoms with E-state index < -0.39 is 30.6 Å². The first kappa shape index (κ1) is 15.2. The van der Waals surface area contributed by atoms with E-state index >= 15 is 0 Å². The zero-order valence-corrected chi connectivity index (χ0v) is 10.2. The van der Waals surface area contributed by atoms with Gasteiger partial charge in [0.25, 0.3) is 0 Å². The number of amides is 1. The topological polar surface area (TPSA) is 75.6 Å². The summed E-state index contributed by atoms with van der Waals surface area (Å²) >= 11 is 0. The number of nitrogens with one attached hydrogen (secondary N) is 1. The Hall–Kier alpha value is -1.89. The molecule has 8 heteroatoms.